The average molecular weight is 376 g/mol. The number of carbonyl (C=O) groups excluding carboxylic acids is 3. The number of piperazine rings is 1. The molecule has 0 saturated carbocycles. The molecule has 0 radical (unpaired) electrons. The number of rotatable bonds is 4. The van der Waals surface area contributed by atoms with Crippen LogP contribution in [0.3, 0.4) is 0 Å². The Hall–Kier alpha value is -3.54. The highest BCUT2D eigenvalue weighted by Crippen LogP contribution is 2.28. The van der Waals surface area contributed by atoms with E-state index >= 15 is 0 Å². The second kappa shape index (κ2) is 7.23. The summed E-state index contributed by atoms with van der Waals surface area (Å²) < 4.78 is 13.0. The number of anilines is 1. The number of benzene rings is 3. The van der Waals surface area contributed by atoms with E-state index in [0.29, 0.717) is 17.8 Å². The number of carbonyl (C=O) groups is 3. The third kappa shape index (κ3) is 3.24. The molecule has 1 saturated heterocycles. The van der Waals surface area contributed by atoms with Crippen molar-refractivity contribution < 1.29 is 18.8 Å². The molecular weight excluding hydrogens is 359 g/mol. The van der Waals surface area contributed by atoms with Crippen molar-refractivity contribution in [2.45, 2.75) is 0 Å². The zero-order chi connectivity index (χ0) is 19.7. The van der Waals surface area contributed by atoms with Crippen LogP contribution in [0.4, 0.5) is 10.1 Å². The number of amides is 2. The van der Waals surface area contributed by atoms with Gasteiger partial charge in [0.25, 0.3) is 0 Å². The SMILES string of the molecule is O=C(CN1CCN(c2cccc3ccccc23)C(=O)C1=O)c1ccc(F)cc1. The summed E-state index contributed by atoms with van der Waals surface area (Å²) in [6.07, 6.45) is 0. The molecule has 0 N–H and O–H groups in total. The van der Waals surface area contributed by atoms with E-state index < -0.39 is 17.6 Å². The van der Waals surface area contributed by atoms with E-state index in [2.05, 4.69) is 0 Å². The first-order valence-electron chi connectivity index (χ1n) is 8.92. The van der Waals surface area contributed by atoms with Gasteiger partial charge < -0.3 is 9.80 Å². The lowest BCUT2D eigenvalue weighted by Gasteiger charge is -2.34. The van der Waals surface area contributed by atoms with Crippen LogP contribution in [-0.4, -0.2) is 42.1 Å². The highest BCUT2D eigenvalue weighted by atomic mass is 19.1. The van der Waals surface area contributed by atoms with E-state index in [0.717, 1.165) is 10.8 Å². The van der Waals surface area contributed by atoms with Gasteiger partial charge in [-0.1, -0.05) is 36.4 Å². The molecule has 0 aromatic heterocycles. The first-order valence-corrected chi connectivity index (χ1v) is 8.92. The number of Topliss-reactive ketones (excluding diaryl/α,β-unsaturated/α-hetero) is 1. The largest absolute Gasteiger partial charge is 0.325 e. The van der Waals surface area contributed by atoms with Gasteiger partial charge in [-0.05, 0) is 35.7 Å². The fourth-order valence-electron chi connectivity index (χ4n) is 3.40. The number of hydrogen-bond acceptors (Lipinski definition) is 3. The number of halogens is 1. The fourth-order valence-corrected chi connectivity index (χ4v) is 3.40. The summed E-state index contributed by atoms with van der Waals surface area (Å²) in [5.74, 6) is -2.14. The molecule has 1 aliphatic heterocycles. The second-order valence-corrected chi connectivity index (χ2v) is 6.61. The number of ketones is 1. The van der Waals surface area contributed by atoms with Crippen LogP contribution in [0.2, 0.25) is 0 Å². The Morgan fingerprint density at radius 1 is 0.857 bits per heavy atom. The van der Waals surface area contributed by atoms with Crippen molar-refractivity contribution in [1.29, 1.82) is 0 Å². The normalized spacial score (nSPS) is 14.6. The summed E-state index contributed by atoms with van der Waals surface area (Å²) in [5.41, 5.74) is 0.985. The number of hydrogen-bond donors (Lipinski definition) is 0. The predicted octanol–water partition coefficient (Wildman–Crippen LogP) is 3.04. The van der Waals surface area contributed by atoms with Gasteiger partial charge in [0, 0.05) is 24.0 Å². The molecule has 0 bridgehead atoms. The van der Waals surface area contributed by atoms with Crippen molar-refractivity contribution in [3.63, 3.8) is 0 Å². The molecule has 3 aromatic rings. The lowest BCUT2D eigenvalue weighted by atomic mass is 10.1. The minimum atomic E-state index is -0.713. The Kier molecular flexibility index (Phi) is 4.61. The fraction of sp³-hybridized carbons (Fsp3) is 0.136. The number of nitrogens with zero attached hydrogens (tertiary/aromatic N) is 2. The van der Waals surface area contributed by atoms with Gasteiger partial charge in [0.2, 0.25) is 0 Å². The highest BCUT2D eigenvalue weighted by molar-refractivity contribution is 6.41. The Balaban J connectivity index is 1.53. The van der Waals surface area contributed by atoms with Crippen LogP contribution in [0, 0.1) is 5.82 Å². The zero-order valence-electron chi connectivity index (χ0n) is 15.0. The van der Waals surface area contributed by atoms with Crippen molar-refractivity contribution in [2.24, 2.45) is 0 Å². The molecule has 0 unspecified atom stereocenters. The molecule has 0 spiro atoms. The van der Waals surface area contributed by atoms with Crippen LogP contribution in [0.25, 0.3) is 10.8 Å². The predicted molar refractivity (Wildman–Crippen MR) is 104 cm³/mol. The first kappa shape index (κ1) is 17.9. The molecule has 28 heavy (non-hydrogen) atoms. The number of fused-ring (bicyclic) bond motifs is 1. The lowest BCUT2D eigenvalue weighted by Crippen LogP contribution is -2.55. The van der Waals surface area contributed by atoms with Crippen molar-refractivity contribution in [2.75, 3.05) is 24.5 Å². The Morgan fingerprint density at radius 3 is 2.36 bits per heavy atom. The van der Waals surface area contributed by atoms with E-state index in [9.17, 15) is 18.8 Å². The minimum absolute atomic E-state index is 0.209. The van der Waals surface area contributed by atoms with Gasteiger partial charge in [0.1, 0.15) is 5.82 Å². The van der Waals surface area contributed by atoms with E-state index in [1.54, 1.807) is 0 Å². The van der Waals surface area contributed by atoms with Crippen LogP contribution in [-0.2, 0) is 9.59 Å². The first-order chi connectivity index (χ1) is 13.5. The molecule has 0 atom stereocenters. The summed E-state index contributed by atoms with van der Waals surface area (Å²) in [7, 11) is 0. The molecule has 1 aliphatic rings. The molecular formula is C22H17FN2O3. The maximum Gasteiger partial charge on any atom is 0.316 e. The summed E-state index contributed by atoms with van der Waals surface area (Å²) in [5, 5.41) is 1.87. The Bertz CT molecular complexity index is 1070. The van der Waals surface area contributed by atoms with Gasteiger partial charge in [-0.25, -0.2) is 4.39 Å². The van der Waals surface area contributed by atoms with Crippen LogP contribution >= 0.6 is 0 Å². The minimum Gasteiger partial charge on any atom is -0.325 e. The standard InChI is InChI=1S/C22H17FN2O3/c23-17-10-8-16(9-11-17)20(26)14-24-12-13-25(22(28)21(24)27)19-7-3-5-15-4-1-2-6-18(15)19/h1-11H,12-14H2. The maximum atomic E-state index is 13.0. The second-order valence-electron chi connectivity index (χ2n) is 6.61. The van der Waals surface area contributed by atoms with Crippen LogP contribution in [0.5, 0.6) is 0 Å². The van der Waals surface area contributed by atoms with E-state index in [-0.39, 0.29) is 18.9 Å². The van der Waals surface area contributed by atoms with Crippen LogP contribution in [0.1, 0.15) is 10.4 Å². The van der Waals surface area contributed by atoms with Crippen molar-refractivity contribution in [3.8, 4) is 0 Å². The summed E-state index contributed by atoms with van der Waals surface area (Å²) in [6, 6.07) is 18.4. The molecule has 1 fully saturated rings. The van der Waals surface area contributed by atoms with Crippen LogP contribution in [0.15, 0.2) is 66.7 Å². The van der Waals surface area contributed by atoms with Crippen LogP contribution < -0.4 is 4.90 Å². The van der Waals surface area contributed by atoms with Gasteiger partial charge in [-0.2, -0.15) is 0 Å². The molecule has 5 nitrogen and oxygen atoms in total. The smallest absolute Gasteiger partial charge is 0.316 e. The maximum absolute atomic E-state index is 13.0. The van der Waals surface area contributed by atoms with Gasteiger partial charge >= 0.3 is 11.8 Å². The molecule has 140 valence electrons. The van der Waals surface area contributed by atoms with E-state index in [4.69, 9.17) is 0 Å². The van der Waals surface area contributed by atoms with Gasteiger partial charge in [0.05, 0.1) is 12.2 Å². The zero-order valence-corrected chi connectivity index (χ0v) is 15.0. The van der Waals surface area contributed by atoms with Crippen molar-refractivity contribution >= 4 is 34.1 Å². The van der Waals surface area contributed by atoms with E-state index in [1.165, 1.54) is 34.1 Å². The van der Waals surface area contributed by atoms with Gasteiger partial charge in [0.15, 0.2) is 5.78 Å². The molecule has 6 heteroatoms. The Morgan fingerprint density at radius 2 is 1.57 bits per heavy atom. The summed E-state index contributed by atoms with van der Waals surface area (Å²) in [4.78, 5) is 40.4. The van der Waals surface area contributed by atoms with Gasteiger partial charge in [-0.15, -0.1) is 0 Å². The highest BCUT2D eigenvalue weighted by Gasteiger charge is 2.34. The third-order valence-corrected chi connectivity index (χ3v) is 4.87. The van der Waals surface area contributed by atoms with E-state index in [1.807, 2.05) is 42.5 Å². The lowest BCUT2D eigenvalue weighted by molar-refractivity contribution is -0.145. The quantitative estimate of drug-likeness (QED) is 0.520. The summed E-state index contributed by atoms with van der Waals surface area (Å²) in [6.45, 7) is 0.343. The third-order valence-electron chi connectivity index (χ3n) is 4.87. The summed E-state index contributed by atoms with van der Waals surface area (Å²) >= 11 is 0. The van der Waals surface area contributed by atoms with Crippen molar-refractivity contribution in [3.05, 3.63) is 78.1 Å². The molecule has 1 heterocycles. The molecule has 2 amide bonds. The van der Waals surface area contributed by atoms with Gasteiger partial charge in [-0.3, -0.25) is 14.4 Å². The monoisotopic (exact) mass is 376 g/mol. The molecule has 3 aromatic carbocycles. The van der Waals surface area contributed by atoms with Crippen molar-refractivity contribution in [1.82, 2.24) is 4.90 Å². The Labute approximate surface area is 161 Å². The topological polar surface area (TPSA) is 57.7 Å². The average Bonchev–Trinajstić information content (AvgIpc) is 2.72. The molecule has 0 aliphatic carbocycles. The molecule has 4 rings (SSSR count).